The number of benzene rings is 2. The van der Waals surface area contributed by atoms with Crippen LogP contribution < -0.4 is 16.0 Å². The van der Waals surface area contributed by atoms with E-state index in [-0.39, 0.29) is 36.9 Å². The molecule has 0 aliphatic carbocycles. The van der Waals surface area contributed by atoms with Gasteiger partial charge in [0.2, 0.25) is 23.6 Å². The number of unbranched alkanes of at least 4 members (excludes halogenated alkanes) is 2. The van der Waals surface area contributed by atoms with Crippen LogP contribution in [0.25, 0.3) is 0 Å². The van der Waals surface area contributed by atoms with Crippen molar-refractivity contribution in [2.75, 3.05) is 13.2 Å². The van der Waals surface area contributed by atoms with Gasteiger partial charge in [0.25, 0.3) is 0 Å². The average Bonchev–Trinajstić information content (AvgIpc) is 3.50. The zero-order valence-corrected chi connectivity index (χ0v) is 23.8. The molecule has 0 bridgehead atoms. The van der Waals surface area contributed by atoms with Crippen molar-refractivity contribution in [2.45, 2.75) is 82.0 Å². The summed E-state index contributed by atoms with van der Waals surface area (Å²) in [4.78, 5) is 67.7. The molecule has 2 aliphatic heterocycles. The van der Waals surface area contributed by atoms with Gasteiger partial charge in [-0.1, -0.05) is 73.5 Å². The fraction of sp³-hybridized carbons (Fsp3) is 0.469. The molecule has 4 N–H and O–H groups in total. The summed E-state index contributed by atoms with van der Waals surface area (Å²) in [7, 11) is 0. The Morgan fingerprint density at radius 2 is 1.31 bits per heavy atom. The summed E-state index contributed by atoms with van der Waals surface area (Å²) in [6.07, 6.45) is 3.89. The van der Waals surface area contributed by atoms with Crippen molar-refractivity contribution in [3.8, 4) is 0 Å². The first kappa shape index (κ1) is 30.9. The van der Waals surface area contributed by atoms with Crippen LogP contribution in [0.15, 0.2) is 60.7 Å². The summed E-state index contributed by atoms with van der Waals surface area (Å²) in [6.45, 7) is -0.101. The second-order valence-corrected chi connectivity index (χ2v) is 11.0. The minimum Gasteiger partial charge on any atom is -0.389 e. The van der Waals surface area contributed by atoms with Crippen molar-refractivity contribution in [1.29, 1.82) is 0 Å². The zero-order valence-electron chi connectivity index (χ0n) is 23.8. The third-order valence-corrected chi connectivity index (χ3v) is 7.91. The van der Waals surface area contributed by atoms with Crippen molar-refractivity contribution < 1.29 is 29.1 Å². The molecule has 4 amide bonds. The maximum Gasteiger partial charge on any atom is 0.246 e. The molecular weight excluding hydrogens is 536 g/mol. The summed E-state index contributed by atoms with van der Waals surface area (Å²) in [5, 5.41) is 17.6. The second kappa shape index (κ2) is 15.3. The van der Waals surface area contributed by atoms with Gasteiger partial charge in [-0.2, -0.15) is 0 Å². The number of nitrogens with zero attached hydrogens (tertiary/aromatic N) is 1. The third kappa shape index (κ3) is 8.48. The van der Waals surface area contributed by atoms with Crippen molar-refractivity contribution in [3.63, 3.8) is 0 Å². The highest BCUT2D eigenvalue weighted by Crippen LogP contribution is 2.21. The monoisotopic (exact) mass is 576 g/mol. The van der Waals surface area contributed by atoms with Crippen molar-refractivity contribution in [2.24, 2.45) is 0 Å². The number of aliphatic hydroxyl groups excluding tert-OH is 1. The third-order valence-electron chi connectivity index (χ3n) is 7.91. The molecule has 0 unspecified atom stereocenters. The van der Waals surface area contributed by atoms with Crippen molar-refractivity contribution in [1.82, 2.24) is 20.9 Å². The van der Waals surface area contributed by atoms with Gasteiger partial charge in [0.15, 0.2) is 5.78 Å². The fourth-order valence-corrected chi connectivity index (χ4v) is 5.62. The van der Waals surface area contributed by atoms with E-state index in [1.807, 2.05) is 60.7 Å². The lowest BCUT2D eigenvalue weighted by atomic mass is 10.00. The van der Waals surface area contributed by atoms with E-state index in [1.165, 1.54) is 4.90 Å². The first-order valence-electron chi connectivity index (χ1n) is 14.8. The largest absolute Gasteiger partial charge is 0.389 e. The first-order valence-corrected chi connectivity index (χ1v) is 14.8. The van der Waals surface area contributed by atoms with Crippen LogP contribution >= 0.6 is 0 Å². The van der Waals surface area contributed by atoms with E-state index in [2.05, 4.69) is 16.0 Å². The van der Waals surface area contributed by atoms with Crippen LogP contribution in [0, 0.1) is 0 Å². The van der Waals surface area contributed by atoms with Gasteiger partial charge in [-0.3, -0.25) is 24.0 Å². The molecule has 224 valence electrons. The number of hydrogen-bond acceptors (Lipinski definition) is 6. The highest BCUT2D eigenvalue weighted by atomic mass is 16.3. The molecule has 0 radical (unpaired) electrons. The maximum atomic E-state index is 13.9. The number of nitrogens with one attached hydrogen (secondary N) is 3. The molecule has 0 spiro atoms. The number of fused-ring (bicyclic) bond motifs is 1. The fourth-order valence-electron chi connectivity index (χ4n) is 5.62. The first-order chi connectivity index (χ1) is 20.4. The Morgan fingerprint density at radius 1 is 0.738 bits per heavy atom. The van der Waals surface area contributed by atoms with Crippen LogP contribution in [-0.2, 0) is 36.8 Å². The number of hydrogen-bond donors (Lipinski definition) is 4. The van der Waals surface area contributed by atoms with Gasteiger partial charge in [0.05, 0.1) is 0 Å². The number of ketones is 1. The summed E-state index contributed by atoms with van der Waals surface area (Å²) >= 11 is 0. The quantitative estimate of drug-likeness (QED) is 0.298. The molecule has 2 saturated heterocycles. The molecule has 4 atom stereocenters. The molecule has 4 rings (SSSR count). The Kier molecular flexibility index (Phi) is 11.2. The lowest BCUT2D eigenvalue weighted by Crippen LogP contribution is -2.61. The van der Waals surface area contributed by atoms with E-state index in [9.17, 15) is 24.0 Å². The highest BCUT2D eigenvalue weighted by molar-refractivity contribution is 5.98. The van der Waals surface area contributed by atoms with Crippen LogP contribution in [0.3, 0.4) is 0 Å². The van der Waals surface area contributed by atoms with Gasteiger partial charge >= 0.3 is 0 Å². The molecule has 2 aliphatic rings. The van der Waals surface area contributed by atoms with Crippen LogP contribution in [0.1, 0.15) is 56.1 Å². The summed E-state index contributed by atoms with van der Waals surface area (Å²) in [5.74, 6) is -1.88. The number of amides is 4. The van der Waals surface area contributed by atoms with Crippen molar-refractivity contribution in [3.05, 3.63) is 71.8 Å². The number of carbonyl (C=O) groups excluding carboxylic acids is 5. The molecule has 2 heterocycles. The normalized spacial score (nSPS) is 23.2. The van der Waals surface area contributed by atoms with E-state index in [4.69, 9.17) is 5.11 Å². The van der Waals surface area contributed by atoms with Crippen LogP contribution in [0.2, 0.25) is 0 Å². The second-order valence-electron chi connectivity index (χ2n) is 11.0. The van der Waals surface area contributed by atoms with Gasteiger partial charge in [0.1, 0.15) is 30.8 Å². The number of rotatable bonds is 11. The number of Topliss-reactive ketones (excluding diaryl/α,β-unsaturated/α-hetero) is 1. The van der Waals surface area contributed by atoms with Crippen LogP contribution in [0.5, 0.6) is 0 Å². The molecule has 10 heteroatoms. The lowest BCUT2D eigenvalue weighted by molar-refractivity contribution is -0.143. The molecule has 42 heavy (non-hydrogen) atoms. The molecule has 0 saturated carbocycles. The van der Waals surface area contributed by atoms with E-state index in [1.54, 1.807) is 0 Å². The summed E-state index contributed by atoms with van der Waals surface area (Å²) < 4.78 is 0. The molecule has 2 fully saturated rings. The Hall–Kier alpha value is -4.05. The van der Waals surface area contributed by atoms with Gasteiger partial charge in [-0.25, -0.2) is 0 Å². The summed E-state index contributed by atoms with van der Waals surface area (Å²) in [6, 6.07) is 15.2. The summed E-state index contributed by atoms with van der Waals surface area (Å²) in [5.41, 5.74) is 1.71. The topological polar surface area (TPSA) is 145 Å². The minimum atomic E-state index is -0.971. The number of carbonyl (C=O) groups is 5. The lowest BCUT2D eigenvalue weighted by Gasteiger charge is -2.32. The van der Waals surface area contributed by atoms with Crippen LogP contribution in [-0.4, -0.2) is 76.7 Å². The van der Waals surface area contributed by atoms with E-state index < -0.39 is 42.6 Å². The Labute approximate surface area is 246 Å². The maximum absolute atomic E-state index is 13.9. The molecule has 10 nitrogen and oxygen atoms in total. The van der Waals surface area contributed by atoms with Gasteiger partial charge in [0, 0.05) is 25.8 Å². The molecular formula is C32H40N4O6. The predicted octanol–water partition coefficient (Wildman–Crippen LogP) is 1.44. The Balaban J connectivity index is 1.59. The number of aliphatic hydroxyl groups is 1. The molecule has 2 aromatic carbocycles. The Bertz CT molecular complexity index is 1240. The Morgan fingerprint density at radius 3 is 1.95 bits per heavy atom. The molecule has 2 aromatic rings. The SMILES string of the molecule is O=C(CO)CCCCC[C@@H]1NC(=O)[C@H]2CCCN2C(=O)[C@H](Cc2ccccc2)NC(=O)[C@H](Cc2ccccc2)NC1=O. The van der Waals surface area contributed by atoms with Gasteiger partial charge < -0.3 is 26.0 Å². The minimum absolute atomic E-state index is 0.209. The molecule has 0 aromatic heterocycles. The van der Waals surface area contributed by atoms with E-state index >= 15 is 0 Å². The zero-order chi connectivity index (χ0) is 29.9. The van der Waals surface area contributed by atoms with E-state index in [0.717, 1.165) is 11.1 Å². The average molecular weight is 577 g/mol. The van der Waals surface area contributed by atoms with Gasteiger partial charge in [-0.15, -0.1) is 0 Å². The predicted molar refractivity (Wildman–Crippen MR) is 156 cm³/mol. The van der Waals surface area contributed by atoms with Crippen LogP contribution in [0.4, 0.5) is 0 Å². The van der Waals surface area contributed by atoms with Gasteiger partial charge in [-0.05, 0) is 36.8 Å². The highest BCUT2D eigenvalue weighted by Gasteiger charge is 2.40. The van der Waals surface area contributed by atoms with E-state index in [0.29, 0.717) is 45.1 Å². The smallest absolute Gasteiger partial charge is 0.246 e. The standard InChI is InChI=1S/C32H40N4O6/c37-21-24(38)15-8-3-9-16-25-29(39)34-26(19-22-11-4-1-5-12-22)30(40)35-27(20-23-13-6-2-7-14-23)32(42)36-18-10-17-28(36)31(41)33-25/h1-2,4-7,11-14,25-28,37H,3,8-10,15-21H2,(H,33,41)(H,34,39)(H,35,40)/t25-,26-,27-,28+/m0/s1. The van der Waals surface area contributed by atoms with Crippen molar-refractivity contribution >= 4 is 29.4 Å².